The zero-order valence-corrected chi connectivity index (χ0v) is 14.0. The minimum atomic E-state index is -0.277. The summed E-state index contributed by atoms with van der Waals surface area (Å²) in [6.07, 6.45) is 8.96. The second kappa shape index (κ2) is 8.96. The van der Waals surface area contributed by atoms with Gasteiger partial charge in [-0.25, -0.2) is 0 Å². The summed E-state index contributed by atoms with van der Waals surface area (Å²) in [6.45, 7) is 4.02. The van der Waals surface area contributed by atoms with Crippen LogP contribution in [0.2, 0.25) is 0 Å². The van der Waals surface area contributed by atoms with E-state index < -0.39 is 0 Å². The lowest BCUT2D eigenvalue weighted by atomic mass is 9.79. The van der Waals surface area contributed by atoms with E-state index in [1.54, 1.807) is 0 Å². The van der Waals surface area contributed by atoms with Gasteiger partial charge in [-0.1, -0.05) is 19.3 Å². The molecule has 2 unspecified atom stereocenters. The van der Waals surface area contributed by atoms with Crippen molar-refractivity contribution in [3.8, 4) is 0 Å². The first-order valence-corrected chi connectivity index (χ1v) is 8.28. The molecule has 1 amide bonds. The molecule has 1 aliphatic heterocycles. The summed E-state index contributed by atoms with van der Waals surface area (Å²) in [5.41, 5.74) is -0.277. The maximum Gasteiger partial charge on any atom is 0.227 e. The zero-order chi connectivity index (χ0) is 14.4. The third-order valence-electron chi connectivity index (χ3n) is 5.12. The van der Waals surface area contributed by atoms with Crippen LogP contribution >= 0.6 is 12.4 Å². The molecule has 2 fully saturated rings. The van der Waals surface area contributed by atoms with E-state index in [-0.39, 0.29) is 36.4 Å². The van der Waals surface area contributed by atoms with Gasteiger partial charge < -0.3 is 15.7 Å². The highest BCUT2D eigenvalue weighted by molar-refractivity contribution is 5.85. The molecule has 5 heteroatoms. The van der Waals surface area contributed by atoms with Gasteiger partial charge in [0, 0.05) is 19.2 Å². The van der Waals surface area contributed by atoms with Crippen molar-refractivity contribution in [2.24, 2.45) is 11.3 Å². The van der Waals surface area contributed by atoms with Crippen molar-refractivity contribution in [3.05, 3.63) is 0 Å². The van der Waals surface area contributed by atoms with Crippen LogP contribution in [-0.4, -0.2) is 36.8 Å². The summed E-state index contributed by atoms with van der Waals surface area (Å²) < 4.78 is 0. The van der Waals surface area contributed by atoms with E-state index in [4.69, 9.17) is 0 Å². The van der Waals surface area contributed by atoms with Gasteiger partial charge in [-0.2, -0.15) is 0 Å². The van der Waals surface area contributed by atoms with Gasteiger partial charge >= 0.3 is 0 Å². The Morgan fingerprint density at radius 2 is 2.05 bits per heavy atom. The fraction of sp³-hybridized carbons (Fsp3) is 0.938. The molecule has 0 bridgehead atoms. The van der Waals surface area contributed by atoms with Crippen molar-refractivity contribution in [1.29, 1.82) is 0 Å². The Balaban J connectivity index is 0.00000220. The summed E-state index contributed by atoms with van der Waals surface area (Å²) in [7, 11) is 0. The molecule has 21 heavy (non-hydrogen) atoms. The molecule has 0 aromatic heterocycles. The van der Waals surface area contributed by atoms with Crippen LogP contribution in [0.5, 0.6) is 0 Å². The predicted octanol–water partition coefficient (Wildman–Crippen LogP) is 2.25. The molecule has 124 valence electrons. The quantitative estimate of drug-likeness (QED) is 0.728. The number of piperidine rings is 1. The maximum absolute atomic E-state index is 12.6. The van der Waals surface area contributed by atoms with E-state index in [9.17, 15) is 9.90 Å². The Hall–Kier alpha value is -0.320. The topological polar surface area (TPSA) is 61.4 Å². The molecule has 0 radical (unpaired) electrons. The highest BCUT2D eigenvalue weighted by Crippen LogP contribution is 2.30. The van der Waals surface area contributed by atoms with E-state index >= 15 is 0 Å². The lowest BCUT2D eigenvalue weighted by Gasteiger charge is -2.37. The largest absolute Gasteiger partial charge is 0.396 e. The van der Waals surface area contributed by atoms with Crippen LogP contribution in [-0.2, 0) is 4.79 Å². The van der Waals surface area contributed by atoms with Crippen LogP contribution in [0.15, 0.2) is 0 Å². The normalized spacial score (nSPS) is 28.5. The van der Waals surface area contributed by atoms with Crippen molar-refractivity contribution in [3.63, 3.8) is 0 Å². The summed E-state index contributed by atoms with van der Waals surface area (Å²) in [4.78, 5) is 12.6. The van der Waals surface area contributed by atoms with Crippen molar-refractivity contribution in [2.45, 2.75) is 64.3 Å². The Labute approximate surface area is 134 Å². The van der Waals surface area contributed by atoms with Crippen molar-refractivity contribution in [2.75, 3.05) is 19.7 Å². The number of hydrogen-bond donors (Lipinski definition) is 3. The fourth-order valence-electron chi connectivity index (χ4n) is 3.69. The highest BCUT2D eigenvalue weighted by atomic mass is 35.5. The monoisotopic (exact) mass is 318 g/mol. The second-order valence-electron chi connectivity index (χ2n) is 6.83. The van der Waals surface area contributed by atoms with Crippen LogP contribution in [0, 0.1) is 11.3 Å². The standard InChI is InChI=1S/C16H30N2O2.ClH/c1-16(9-5-10-17-12-16)15(20)18-14(8-11-19)13-6-3-2-4-7-13;/h13-14,17,19H,2-12H2,1H3,(H,18,20);1H. The summed E-state index contributed by atoms with van der Waals surface area (Å²) >= 11 is 0. The van der Waals surface area contributed by atoms with E-state index in [1.807, 2.05) is 0 Å². The molecule has 2 aliphatic rings. The van der Waals surface area contributed by atoms with Gasteiger partial charge in [-0.05, 0) is 51.5 Å². The highest BCUT2D eigenvalue weighted by Gasteiger charge is 2.36. The number of aliphatic hydroxyl groups is 1. The van der Waals surface area contributed by atoms with Gasteiger partial charge in [0.05, 0.1) is 5.41 Å². The zero-order valence-electron chi connectivity index (χ0n) is 13.2. The molecule has 1 heterocycles. The third kappa shape index (κ3) is 5.11. The van der Waals surface area contributed by atoms with E-state index in [1.165, 1.54) is 32.1 Å². The molecule has 4 nitrogen and oxygen atoms in total. The lowest BCUT2D eigenvalue weighted by molar-refractivity contribution is -0.132. The Kier molecular flexibility index (Phi) is 7.99. The van der Waals surface area contributed by atoms with Crippen LogP contribution in [0.4, 0.5) is 0 Å². The SMILES string of the molecule is CC1(C(=O)NC(CCO)C2CCCCC2)CCCNC1.Cl. The van der Waals surface area contributed by atoms with Crippen molar-refractivity contribution >= 4 is 18.3 Å². The van der Waals surface area contributed by atoms with Crippen LogP contribution < -0.4 is 10.6 Å². The Morgan fingerprint density at radius 1 is 1.33 bits per heavy atom. The average molecular weight is 319 g/mol. The first-order valence-electron chi connectivity index (χ1n) is 8.28. The maximum atomic E-state index is 12.6. The Bertz CT molecular complexity index is 313. The first kappa shape index (κ1) is 18.7. The number of carbonyl (C=O) groups excluding carboxylic acids is 1. The number of carbonyl (C=O) groups is 1. The first-order chi connectivity index (χ1) is 9.65. The molecule has 3 N–H and O–H groups in total. The smallest absolute Gasteiger partial charge is 0.227 e. The van der Waals surface area contributed by atoms with E-state index in [0.29, 0.717) is 12.3 Å². The molecule has 0 aromatic rings. The van der Waals surface area contributed by atoms with E-state index in [2.05, 4.69) is 17.6 Å². The van der Waals surface area contributed by atoms with Gasteiger partial charge in [0.15, 0.2) is 0 Å². The molecular weight excluding hydrogens is 288 g/mol. The van der Waals surface area contributed by atoms with Crippen LogP contribution in [0.25, 0.3) is 0 Å². The summed E-state index contributed by atoms with van der Waals surface area (Å²) in [6, 6.07) is 0.159. The van der Waals surface area contributed by atoms with Crippen LogP contribution in [0.3, 0.4) is 0 Å². The minimum Gasteiger partial charge on any atom is -0.396 e. The number of halogens is 1. The van der Waals surface area contributed by atoms with Crippen LogP contribution in [0.1, 0.15) is 58.3 Å². The lowest BCUT2D eigenvalue weighted by Crippen LogP contribution is -2.53. The number of rotatable bonds is 5. The molecule has 2 atom stereocenters. The molecule has 2 rings (SSSR count). The van der Waals surface area contributed by atoms with Gasteiger partial charge in [-0.15, -0.1) is 12.4 Å². The van der Waals surface area contributed by atoms with Crippen molar-refractivity contribution < 1.29 is 9.90 Å². The molecule has 1 aliphatic carbocycles. The number of amides is 1. The summed E-state index contributed by atoms with van der Waals surface area (Å²) in [5, 5.41) is 15.9. The van der Waals surface area contributed by atoms with Gasteiger partial charge in [0.2, 0.25) is 5.91 Å². The number of nitrogens with one attached hydrogen (secondary N) is 2. The van der Waals surface area contributed by atoms with Gasteiger partial charge in [0.25, 0.3) is 0 Å². The van der Waals surface area contributed by atoms with Gasteiger partial charge in [-0.3, -0.25) is 4.79 Å². The molecule has 0 aromatic carbocycles. The minimum absolute atomic E-state index is 0. The molecule has 1 saturated carbocycles. The predicted molar refractivity (Wildman–Crippen MR) is 87.7 cm³/mol. The number of aliphatic hydroxyl groups excluding tert-OH is 1. The van der Waals surface area contributed by atoms with Crippen molar-refractivity contribution in [1.82, 2.24) is 10.6 Å². The fourth-order valence-corrected chi connectivity index (χ4v) is 3.69. The second-order valence-corrected chi connectivity index (χ2v) is 6.83. The number of hydrogen-bond acceptors (Lipinski definition) is 3. The molecule has 1 saturated heterocycles. The molecular formula is C16H31ClN2O2. The molecule has 0 spiro atoms. The summed E-state index contributed by atoms with van der Waals surface area (Å²) in [5.74, 6) is 0.730. The van der Waals surface area contributed by atoms with E-state index in [0.717, 1.165) is 25.9 Å². The average Bonchev–Trinajstić information content (AvgIpc) is 2.48. The Morgan fingerprint density at radius 3 is 2.62 bits per heavy atom. The third-order valence-corrected chi connectivity index (χ3v) is 5.12. The van der Waals surface area contributed by atoms with Gasteiger partial charge in [0.1, 0.15) is 0 Å².